The SMILES string of the molecule is Cl.NCCC(=O)NCC1CCCCN1S(=O)(=O)c1cc(F)c(F)cc1F. The molecule has 0 saturated carbocycles. The molecule has 1 aromatic carbocycles. The van der Waals surface area contributed by atoms with Crippen LogP contribution in [-0.4, -0.2) is 44.3 Å². The van der Waals surface area contributed by atoms with Gasteiger partial charge in [0, 0.05) is 38.2 Å². The van der Waals surface area contributed by atoms with Gasteiger partial charge in [-0.15, -0.1) is 12.4 Å². The Hall–Kier alpha value is -1.36. The van der Waals surface area contributed by atoms with Crippen LogP contribution < -0.4 is 11.1 Å². The van der Waals surface area contributed by atoms with Gasteiger partial charge in [0.2, 0.25) is 15.9 Å². The fraction of sp³-hybridized carbons (Fsp3) is 0.533. The fourth-order valence-electron chi connectivity index (χ4n) is 2.77. The van der Waals surface area contributed by atoms with Gasteiger partial charge >= 0.3 is 0 Å². The van der Waals surface area contributed by atoms with Crippen LogP contribution in [0.5, 0.6) is 0 Å². The summed E-state index contributed by atoms with van der Waals surface area (Å²) in [7, 11) is -4.37. The van der Waals surface area contributed by atoms with Crippen molar-refractivity contribution in [2.45, 2.75) is 36.6 Å². The number of amides is 1. The molecule has 1 fully saturated rings. The lowest BCUT2D eigenvalue weighted by atomic mass is 10.1. The Morgan fingerprint density at radius 1 is 1.19 bits per heavy atom. The summed E-state index contributed by atoms with van der Waals surface area (Å²) in [6.45, 7) is 0.320. The second-order valence-electron chi connectivity index (χ2n) is 5.80. The molecular weight excluding hydrogens is 395 g/mol. The zero-order valence-corrected chi connectivity index (χ0v) is 15.5. The van der Waals surface area contributed by atoms with Gasteiger partial charge in [-0.3, -0.25) is 4.79 Å². The zero-order valence-electron chi connectivity index (χ0n) is 13.9. The fourth-order valence-corrected chi connectivity index (χ4v) is 4.53. The molecule has 0 aliphatic carbocycles. The lowest BCUT2D eigenvalue weighted by Crippen LogP contribution is -2.49. The maximum atomic E-state index is 13.9. The Morgan fingerprint density at radius 3 is 2.50 bits per heavy atom. The minimum absolute atomic E-state index is 0. The minimum atomic E-state index is -4.37. The Kier molecular flexibility index (Phi) is 8.32. The number of nitrogens with two attached hydrogens (primary N) is 1. The molecule has 148 valence electrons. The molecule has 0 bridgehead atoms. The van der Waals surface area contributed by atoms with E-state index in [0.29, 0.717) is 18.9 Å². The van der Waals surface area contributed by atoms with E-state index in [2.05, 4.69) is 5.32 Å². The second-order valence-corrected chi connectivity index (χ2v) is 7.66. The van der Waals surface area contributed by atoms with E-state index in [0.717, 1.165) is 10.7 Å². The van der Waals surface area contributed by atoms with Crippen molar-refractivity contribution in [1.82, 2.24) is 9.62 Å². The highest BCUT2D eigenvalue weighted by Gasteiger charge is 2.35. The molecule has 26 heavy (non-hydrogen) atoms. The predicted octanol–water partition coefficient (Wildman–Crippen LogP) is 1.53. The first-order valence-electron chi connectivity index (χ1n) is 7.90. The lowest BCUT2D eigenvalue weighted by molar-refractivity contribution is -0.121. The number of hydrogen-bond donors (Lipinski definition) is 2. The Labute approximate surface area is 156 Å². The van der Waals surface area contributed by atoms with E-state index in [1.165, 1.54) is 0 Å². The van der Waals surface area contributed by atoms with Crippen LogP contribution in [0.4, 0.5) is 13.2 Å². The van der Waals surface area contributed by atoms with Gasteiger partial charge in [-0.1, -0.05) is 6.42 Å². The number of sulfonamides is 1. The number of hydrogen-bond acceptors (Lipinski definition) is 4. The monoisotopic (exact) mass is 415 g/mol. The second kappa shape index (κ2) is 9.54. The molecule has 1 unspecified atom stereocenters. The van der Waals surface area contributed by atoms with E-state index in [4.69, 9.17) is 5.73 Å². The lowest BCUT2D eigenvalue weighted by Gasteiger charge is -2.34. The molecule has 11 heteroatoms. The van der Waals surface area contributed by atoms with E-state index in [-0.39, 0.29) is 50.4 Å². The molecular formula is C15H21ClF3N3O3S. The molecule has 1 heterocycles. The third-order valence-corrected chi connectivity index (χ3v) is 6.01. The van der Waals surface area contributed by atoms with Gasteiger partial charge in [-0.05, 0) is 18.9 Å². The molecule has 1 atom stereocenters. The van der Waals surface area contributed by atoms with Crippen molar-refractivity contribution in [3.05, 3.63) is 29.6 Å². The summed E-state index contributed by atoms with van der Waals surface area (Å²) in [5.74, 6) is -4.56. The predicted molar refractivity (Wildman–Crippen MR) is 91.8 cm³/mol. The van der Waals surface area contributed by atoms with Crippen LogP contribution in [0.2, 0.25) is 0 Å². The van der Waals surface area contributed by atoms with Crippen LogP contribution in [0, 0.1) is 17.5 Å². The maximum Gasteiger partial charge on any atom is 0.246 e. The van der Waals surface area contributed by atoms with Crippen LogP contribution in [0.15, 0.2) is 17.0 Å². The van der Waals surface area contributed by atoms with Crippen LogP contribution in [0.1, 0.15) is 25.7 Å². The number of piperidine rings is 1. The van der Waals surface area contributed by atoms with Crippen LogP contribution in [0.3, 0.4) is 0 Å². The highest BCUT2D eigenvalue weighted by Crippen LogP contribution is 2.28. The standard InChI is InChI=1S/C15H20F3N3O3S.ClH/c16-11-7-13(18)14(8-12(11)17)25(23,24)21-6-2-1-3-10(21)9-20-15(22)4-5-19;/h7-8,10H,1-6,9,19H2,(H,20,22);1H. The van der Waals surface area contributed by atoms with Gasteiger partial charge in [-0.25, -0.2) is 21.6 Å². The highest BCUT2D eigenvalue weighted by atomic mass is 35.5. The molecule has 2 rings (SSSR count). The van der Waals surface area contributed by atoms with Crippen molar-refractivity contribution >= 4 is 28.3 Å². The Balaban J connectivity index is 0.00000338. The largest absolute Gasteiger partial charge is 0.354 e. The van der Waals surface area contributed by atoms with Gasteiger partial charge in [0.05, 0.1) is 0 Å². The average molecular weight is 416 g/mol. The van der Waals surface area contributed by atoms with Gasteiger partial charge in [0.15, 0.2) is 11.6 Å². The van der Waals surface area contributed by atoms with Crippen molar-refractivity contribution in [2.24, 2.45) is 5.73 Å². The van der Waals surface area contributed by atoms with Crippen molar-refractivity contribution < 1.29 is 26.4 Å². The third kappa shape index (κ3) is 5.09. The van der Waals surface area contributed by atoms with Crippen molar-refractivity contribution in [3.63, 3.8) is 0 Å². The van der Waals surface area contributed by atoms with E-state index in [1.54, 1.807) is 0 Å². The minimum Gasteiger partial charge on any atom is -0.354 e. The van der Waals surface area contributed by atoms with Gasteiger partial charge in [-0.2, -0.15) is 4.31 Å². The quantitative estimate of drug-likeness (QED) is 0.689. The summed E-state index contributed by atoms with van der Waals surface area (Å²) in [5.41, 5.74) is 5.28. The zero-order chi connectivity index (χ0) is 18.6. The van der Waals surface area contributed by atoms with E-state index in [1.807, 2.05) is 0 Å². The molecule has 1 aliphatic heterocycles. The molecule has 0 aromatic heterocycles. The van der Waals surface area contributed by atoms with Crippen LogP contribution >= 0.6 is 12.4 Å². The molecule has 0 radical (unpaired) electrons. The molecule has 0 spiro atoms. The Morgan fingerprint density at radius 2 is 1.85 bits per heavy atom. The van der Waals surface area contributed by atoms with Crippen molar-refractivity contribution in [2.75, 3.05) is 19.6 Å². The number of nitrogens with one attached hydrogen (secondary N) is 1. The Bertz CT molecular complexity index is 749. The average Bonchev–Trinajstić information content (AvgIpc) is 2.56. The van der Waals surface area contributed by atoms with Gasteiger partial charge in [0.25, 0.3) is 0 Å². The summed E-state index contributed by atoms with van der Waals surface area (Å²) in [5, 5.41) is 2.59. The van der Waals surface area contributed by atoms with Crippen molar-refractivity contribution in [3.8, 4) is 0 Å². The van der Waals surface area contributed by atoms with Crippen LogP contribution in [0.25, 0.3) is 0 Å². The molecule has 1 aromatic rings. The van der Waals surface area contributed by atoms with E-state index < -0.39 is 38.4 Å². The van der Waals surface area contributed by atoms with Crippen LogP contribution in [-0.2, 0) is 14.8 Å². The molecule has 3 N–H and O–H groups in total. The molecule has 1 saturated heterocycles. The summed E-state index contributed by atoms with van der Waals surface area (Å²) in [6, 6.07) is -0.0314. The summed E-state index contributed by atoms with van der Waals surface area (Å²) in [4.78, 5) is 10.6. The maximum absolute atomic E-state index is 13.9. The molecule has 6 nitrogen and oxygen atoms in total. The third-order valence-electron chi connectivity index (χ3n) is 4.04. The topological polar surface area (TPSA) is 92.5 Å². The number of nitrogens with zero attached hydrogens (tertiary/aromatic N) is 1. The highest BCUT2D eigenvalue weighted by molar-refractivity contribution is 7.89. The molecule has 1 amide bonds. The van der Waals surface area contributed by atoms with E-state index >= 15 is 0 Å². The molecule has 1 aliphatic rings. The van der Waals surface area contributed by atoms with Gasteiger partial charge < -0.3 is 11.1 Å². The first-order chi connectivity index (χ1) is 11.8. The summed E-state index contributed by atoms with van der Waals surface area (Å²) < 4.78 is 66.9. The normalized spacial score (nSPS) is 18.2. The first kappa shape index (κ1) is 22.7. The number of carbonyl (C=O) groups is 1. The number of rotatable bonds is 6. The number of benzene rings is 1. The van der Waals surface area contributed by atoms with Crippen molar-refractivity contribution in [1.29, 1.82) is 0 Å². The summed E-state index contributed by atoms with van der Waals surface area (Å²) >= 11 is 0. The first-order valence-corrected chi connectivity index (χ1v) is 9.34. The number of carbonyl (C=O) groups excluding carboxylic acids is 1. The summed E-state index contributed by atoms with van der Waals surface area (Å²) in [6.07, 6.45) is 1.87. The smallest absolute Gasteiger partial charge is 0.246 e. The van der Waals surface area contributed by atoms with Gasteiger partial charge in [0.1, 0.15) is 10.7 Å². The van der Waals surface area contributed by atoms with E-state index in [9.17, 15) is 26.4 Å². The number of halogens is 4.